The third-order valence-electron chi connectivity index (χ3n) is 3.34. The van der Waals surface area contributed by atoms with E-state index < -0.39 is 5.95 Å². The number of aliphatic hydroxyl groups is 1. The molecule has 5 heteroatoms. The fourth-order valence-corrected chi connectivity index (χ4v) is 2.39. The summed E-state index contributed by atoms with van der Waals surface area (Å²) in [5.74, 6) is -0.505. The number of aliphatic hydroxyl groups excluding tert-OH is 1. The molecule has 0 spiro atoms. The van der Waals surface area contributed by atoms with Gasteiger partial charge in [0, 0.05) is 6.61 Å². The molecule has 1 atom stereocenters. The van der Waals surface area contributed by atoms with Gasteiger partial charge in [0.1, 0.15) is 0 Å². The minimum atomic E-state index is -0.505. The van der Waals surface area contributed by atoms with Crippen LogP contribution >= 0.6 is 0 Å². The first-order valence-corrected chi connectivity index (χ1v) is 6.18. The highest BCUT2D eigenvalue weighted by atomic mass is 19.1. The second-order valence-corrected chi connectivity index (χ2v) is 4.57. The largest absolute Gasteiger partial charge is 0.392 e. The van der Waals surface area contributed by atoms with Gasteiger partial charge in [0.05, 0.1) is 17.5 Å². The van der Waals surface area contributed by atoms with E-state index in [1.54, 1.807) is 22.9 Å². The van der Waals surface area contributed by atoms with Crippen LogP contribution in [0.15, 0.2) is 18.2 Å². The van der Waals surface area contributed by atoms with E-state index in [9.17, 15) is 4.39 Å². The van der Waals surface area contributed by atoms with E-state index >= 15 is 0 Å². The molecule has 1 aliphatic rings. The van der Waals surface area contributed by atoms with Crippen molar-refractivity contribution >= 4 is 10.9 Å². The van der Waals surface area contributed by atoms with Crippen molar-refractivity contribution in [3.63, 3.8) is 0 Å². The highest BCUT2D eigenvalue weighted by Gasteiger charge is 2.21. The van der Waals surface area contributed by atoms with Crippen molar-refractivity contribution in [1.82, 2.24) is 9.78 Å². The zero-order valence-electron chi connectivity index (χ0n) is 9.97. The van der Waals surface area contributed by atoms with Crippen LogP contribution in [-0.2, 0) is 11.3 Å². The summed E-state index contributed by atoms with van der Waals surface area (Å²) in [6, 6.07) is 5.20. The number of nitrogens with zero attached hydrogens (tertiary/aromatic N) is 2. The lowest BCUT2D eigenvalue weighted by Crippen LogP contribution is -2.19. The third-order valence-corrected chi connectivity index (χ3v) is 3.34. The van der Waals surface area contributed by atoms with Crippen molar-refractivity contribution in [2.24, 2.45) is 0 Å². The molecular formula is C13H15FN2O2. The molecule has 0 saturated carbocycles. The number of aromatic nitrogens is 2. The lowest BCUT2D eigenvalue weighted by molar-refractivity contribution is -0.0375. The van der Waals surface area contributed by atoms with E-state index in [0.29, 0.717) is 17.6 Å². The Morgan fingerprint density at radius 2 is 2.33 bits per heavy atom. The molecular weight excluding hydrogens is 235 g/mol. The van der Waals surface area contributed by atoms with Gasteiger partial charge in [0.2, 0.25) is 5.95 Å². The van der Waals surface area contributed by atoms with Crippen molar-refractivity contribution in [2.75, 3.05) is 6.61 Å². The van der Waals surface area contributed by atoms with E-state index in [2.05, 4.69) is 5.10 Å². The SMILES string of the molecule is OCc1ccc2c(c1)c(F)nn2C1CCCCO1. The Kier molecular flexibility index (Phi) is 3.01. The smallest absolute Gasteiger partial charge is 0.240 e. The standard InChI is InChI=1S/C13H15FN2O2/c14-13-10-7-9(8-17)4-5-11(10)16(15-13)12-3-1-2-6-18-12/h4-5,7,12,17H,1-3,6,8H2. The van der Waals surface area contributed by atoms with Crippen molar-refractivity contribution < 1.29 is 14.2 Å². The van der Waals surface area contributed by atoms with Crippen LogP contribution in [0.2, 0.25) is 0 Å². The van der Waals surface area contributed by atoms with Gasteiger partial charge >= 0.3 is 0 Å². The number of ether oxygens (including phenoxy) is 1. The molecule has 1 saturated heterocycles. The summed E-state index contributed by atoms with van der Waals surface area (Å²) >= 11 is 0. The molecule has 1 aromatic heterocycles. The topological polar surface area (TPSA) is 47.3 Å². The van der Waals surface area contributed by atoms with Crippen molar-refractivity contribution in [3.8, 4) is 0 Å². The van der Waals surface area contributed by atoms with Gasteiger partial charge in [-0.3, -0.25) is 0 Å². The lowest BCUT2D eigenvalue weighted by atomic mass is 10.1. The first kappa shape index (κ1) is 11.6. The molecule has 1 N–H and O–H groups in total. The molecule has 1 fully saturated rings. The molecule has 2 heterocycles. The van der Waals surface area contributed by atoms with Gasteiger partial charge in [0.15, 0.2) is 6.23 Å². The summed E-state index contributed by atoms with van der Waals surface area (Å²) in [6.45, 7) is 0.600. The third kappa shape index (κ3) is 1.89. The maximum Gasteiger partial charge on any atom is 0.240 e. The van der Waals surface area contributed by atoms with Crippen LogP contribution in [0.25, 0.3) is 10.9 Å². The highest BCUT2D eigenvalue weighted by Crippen LogP contribution is 2.28. The summed E-state index contributed by atoms with van der Waals surface area (Å²) in [7, 11) is 0. The number of hydrogen-bond donors (Lipinski definition) is 1. The average Bonchev–Trinajstić information content (AvgIpc) is 2.77. The number of benzene rings is 1. The molecule has 0 aliphatic carbocycles. The van der Waals surface area contributed by atoms with Crippen LogP contribution in [0.4, 0.5) is 4.39 Å². The van der Waals surface area contributed by atoms with E-state index in [0.717, 1.165) is 24.8 Å². The quantitative estimate of drug-likeness (QED) is 0.890. The van der Waals surface area contributed by atoms with E-state index in [-0.39, 0.29) is 12.8 Å². The van der Waals surface area contributed by atoms with Crippen LogP contribution < -0.4 is 0 Å². The first-order valence-electron chi connectivity index (χ1n) is 6.18. The molecule has 0 bridgehead atoms. The van der Waals surface area contributed by atoms with Crippen molar-refractivity contribution in [3.05, 3.63) is 29.7 Å². The van der Waals surface area contributed by atoms with Crippen LogP contribution in [0, 0.1) is 5.95 Å². The molecule has 3 rings (SSSR count). The second-order valence-electron chi connectivity index (χ2n) is 4.57. The van der Waals surface area contributed by atoms with Gasteiger partial charge in [-0.25, -0.2) is 4.68 Å². The molecule has 96 valence electrons. The van der Waals surface area contributed by atoms with Crippen molar-refractivity contribution in [1.29, 1.82) is 0 Å². The maximum atomic E-state index is 13.8. The van der Waals surface area contributed by atoms with Gasteiger partial charge in [-0.1, -0.05) is 6.07 Å². The number of halogens is 1. The summed E-state index contributed by atoms with van der Waals surface area (Å²) < 4.78 is 21.1. The molecule has 1 aromatic carbocycles. The van der Waals surface area contributed by atoms with Gasteiger partial charge in [-0.05, 0) is 37.0 Å². The fraction of sp³-hybridized carbons (Fsp3) is 0.462. The van der Waals surface area contributed by atoms with Gasteiger partial charge in [0.25, 0.3) is 0 Å². The summed E-state index contributed by atoms with van der Waals surface area (Å²) in [6.07, 6.45) is 2.80. The summed E-state index contributed by atoms with van der Waals surface area (Å²) in [4.78, 5) is 0. The summed E-state index contributed by atoms with van der Waals surface area (Å²) in [5, 5.41) is 13.4. The van der Waals surface area contributed by atoms with Crippen LogP contribution in [0.5, 0.6) is 0 Å². The number of hydrogen-bond acceptors (Lipinski definition) is 3. The Morgan fingerprint density at radius 3 is 3.06 bits per heavy atom. The second kappa shape index (κ2) is 4.66. The van der Waals surface area contributed by atoms with E-state index in [4.69, 9.17) is 9.84 Å². The average molecular weight is 250 g/mol. The Hall–Kier alpha value is -1.46. The van der Waals surface area contributed by atoms with Gasteiger partial charge < -0.3 is 9.84 Å². The van der Waals surface area contributed by atoms with Gasteiger partial charge in [-0.2, -0.15) is 4.39 Å². The van der Waals surface area contributed by atoms with Crippen LogP contribution in [-0.4, -0.2) is 21.5 Å². The first-order chi connectivity index (χ1) is 8.79. The predicted octanol–water partition coefficient (Wildman–Crippen LogP) is 2.37. The predicted molar refractivity (Wildman–Crippen MR) is 64.5 cm³/mol. The molecule has 4 nitrogen and oxygen atoms in total. The Bertz CT molecular complexity index is 561. The lowest BCUT2D eigenvalue weighted by Gasteiger charge is -2.23. The normalized spacial score (nSPS) is 20.4. The zero-order chi connectivity index (χ0) is 12.5. The molecule has 0 radical (unpaired) electrons. The molecule has 1 unspecified atom stereocenters. The minimum absolute atomic E-state index is 0.0967. The van der Waals surface area contributed by atoms with E-state index in [1.165, 1.54) is 0 Å². The van der Waals surface area contributed by atoms with Crippen molar-refractivity contribution in [2.45, 2.75) is 32.1 Å². The molecule has 2 aromatic rings. The molecule has 18 heavy (non-hydrogen) atoms. The molecule has 1 aliphatic heterocycles. The minimum Gasteiger partial charge on any atom is -0.392 e. The van der Waals surface area contributed by atoms with E-state index in [1.807, 2.05) is 0 Å². The molecule has 0 amide bonds. The van der Waals surface area contributed by atoms with Gasteiger partial charge in [-0.15, -0.1) is 5.10 Å². The number of rotatable bonds is 2. The Morgan fingerprint density at radius 1 is 1.44 bits per heavy atom. The Labute approximate surface area is 104 Å². The fourth-order valence-electron chi connectivity index (χ4n) is 2.39. The summed E-state index contributed by atoms with van der Waals surface area (Å²) in [5.41, 5.74) is 1.40. The maximum absolute atomic E-state index is 13.8. The zero-order valence-corrected chi connectivity index (χ0v) is 9.97. The monoisotopic (exact) mass is 250 g/mol. The highest BCUT2D eigenvalue weighted by molar-refractivity contribution is 5.80. The van der Waals surface area contributed by atoms with Crippen LogP contribution in [0.1, 0.15) is 31.1 Å². The van der Waals surface area contributed by atoms with Crippen LogP contribution in [0.3, 0.4) is 0 Å². The number of fused-ring (bicyclic) bond motifs is 1. The Balaban J connectivity index is 2.07.